The molecule has 2 aromatic carbocycles. The summed E-state index contributed by atoms with van der Waals surface area (Å²) < 4.78 is 16.7. The lowest BCUT2D eigenvalue weighted by Crippen LogP contribution is -2.53. The second-order valence-corrected chi connectivity index (χ2v) is 7.48. The molecule has 7 nitrogen and oxygen atoms in total. The van der Waals surface area contributed by atoms with Crippen LogP contribution in [0.4, 0.5) is 10.5 Å². The van der Waals surface area contributed by atoms with E-state index in [4.69, 9.17) is 14.2 Å². The zero-order chi connectivity index (χ0) is 21.0. The molecule has 1 aliphatic rings. The Morgan fingerprint density at radius 2 is 1.97 bits per heavy atom. The van der Waals surface area contributed by atoms with Crippen LogP contribution in [0.3, 0.4) is 0 Å². The lowest BCUT2D eigenvalue weighted by Gasteiger charge is -2.42. The quantitative estimate of drug-likeness (QED) is 0.690. The molecule has 1 aliphatic heterocycles. The van der Waals surface area contributed by atoms with E-state index in [1.54, 1.807) is 40.1 Å². The highest BCUT2D eigenvalue weighted by atomic mass is 16.5. The molecule has 2 unspecified atom stereocenters. The van der Waals surface area contributed by atoms with E-state index in [0.717, 1.165) is 11.3 Å². The molecule has 0 aliphatic carbocycles. The fourth-order valence-corrected chi connectivity index (χ4v) is 3.42. The molecule has 1 amide bonds. The van der Waals surface area contributed by atoms with Gasteiger partial charge in [-0.05, 0) is 25.5 Å². The van der Waals surface area contributed by atoms with Crippen LogP contribution in [0, 0.1) is 0 Å². The van der Waals surface area contributed by atoms with Crippen molar-refractivity contribution in [1.82, 2.24) is 5.32 Å². The van der Waals surface area contributed by atoms with E-state index < -0.39 is 23.8 Å². The number of hydrogen-bond donors (Lipinski definition) is 3. The fourth-order valence-electron chi connectivity index (χ4n) is 3.42. The first kappa shape index (κ1) is 20.8. The fraction of sp³-hybridized carbons (Fsp3) is 0.409. The lowest BCUT2D eigenvalue weighted by atomic mass is 9.86. The van der Waals surface area contributed by atoms with E-state index in [-0.39, 0.29) is 6.61 Å². The second-order valence-electron chi connectivity index (χ2n) is 7.48. The van der Waals surface area contributed by atoms with Crippen LogP contribution >= 0.6 is 0 Å². The topological polar surface area (TPSA) is 89.1 Å². The maximum atomic E-state index is 12.4. The van der Waals surface area contributed by atoms with E-state index >= 15 is 0 Å². The van der Waals surface area contributed by atoms with Crippen LogP contribution < -0.4 is 20.1 Å². The maximum absolute atomic E-state index is 12.4. The summed E-state index contributed by atoms with van der Waals surface area (Å²) in [4.78, 5) is 12.4. The number of alkyl carbamates (subject to hydrolysis) is 1. The van der Waals surface area contributed by atoms with Crippen molar-refractivity contribution in [1.29, 1.82) is 0 Å². The Balaban J connectivity index is 1.76. The number of rotatable bonds is 6. The first-order valence-electron chi connectivity index (χ1n) is 9.59. The summed E-state index contributed by atoms with van der Waals surface area (Å²) in [6.07, 6.45) is -0.946. The first-order valence-corrected chi connectivity index (χ1v) is 9.59. The van der Waals surface area contributed by atoms with Gasteiger partial charge in [-0.3, -0.25) is 0 Å². The average molecular weight is 400 g/mol. The molecule has 1 heterocycles. The Morgan fingerprint density at radius 1 is 1.24 bits per heavy atom. The Morgan fingerprint density at radius 3 is 2.62 bits per heavy atom. The van der Waals surface area contributed by atoms with E-state index in [2.05, 4.69) is 10.6 Å². The van der Waals surface area contributed by atoms with Crippen molar-refractivity contribution in [2.75, 3.05) is 26.1 Å². The van der Waals surface area contributed by atoms with Gasteiger partial charge in [0.05, 0.1) is 25.4 Å². The minimum Gasteiger partial charge on any atom is -0.495 e. The van der Waals surface area contributed by atoms with Crippen molar-refractivity contribution < 1.29 is 24.1 Å². The van der Waals surface area contributed by atoms with Crippen LogP contribution in [0.15, 0.2) is 42.5 Å². The molecular weight excluding hydrogens is 372 g/mol. The van der Waals surface area contributed by atoms with Gasteiger partial charge in [-0.2, -0.15) is 0 Å². The number of anilines is 1. The number of carbonyl (C=O) groups excluding carboxylic acids is 1. The summed E-state index contributed by atoms with van der Waals surface area (Å²) in [6.45, 7) is 3.80. The van der Waals surface area contributed by atoms with Crippen molar-refractivity contribution in [3.05, 3.63) is 53.6 Å². The van der Waals surface area contributed by atoms with Crippen molar-refractivity contribution in [3.8, 4) is 11.5 Å². The number of nitrogens with one attached hydrogen (secondary N) is 2. The van der Waals surface area contributed by atoms with Gasteiger partial charge in [-0.1, -0.05) is 30.3 Å². The Hall–Kier alpha value is -2.93. The van der Waals surface area contributed by atoms with Gasteiger partial charge in [0.15, 0.2) is 0 Å². The van der Waals surface area contributed by atoms with Crippen LogP contribution in [-0.4, -0.2) is 43.7 Å². The molecule has 156 valence electrons. The van der Waals surface area contributed by atoms with Crippen molar-refractivity contribution in [2.24, 2.45) is 0 Å². The van der Waals surface area contributed by atoms with Crippen LogP contribution in [0.25, 0.3) is 0 Å². The number of fused-ring (bicyclic) bond motifs is 1. The Labute approximate surface area is 171 Å². The number of amides is 1. The predicted molar refractivity (Wildman–Crippen MR) is 111 cm³/mol. The van der Waals surface area contributed by atoms with Gasteiger partial charge >= 0.3 is 6.09 Å². The third-order valence-electron chi connectivity index (χ3n) is 5.08. The van der Waals surface area contributed by atoms with Crippen molar-refractivity contribution in [3.63, 3.8) is 0 Å². The number of methoxy groups -OCH3 is 1. The Bertz CT molecular complexity index is 854. The smallest absolute Gasteiger partial charge is 0.407 e. The molecule has 0 fully saturated rings. The molecule has 0 bridgehead atoms. The highest BCUT2D eigenvalue weighted by Crippen LogP contribution is 2.44. The van der Waals surface area contributed by atoms with Crippen molar-refractivity contribution in [2.45, 2.75) is 38.0 Å². The number of carbonyl (C=O) groups is 1. The third-order valence-corrected chi connectivity index (χ3v) is 5.08. The van der Waals surface area contributed by atoms with Gasteiger partial charge in [0.2, 0.25) is 0 Å². The third kappa shape index (κ3) is 4.56. The van der Waals surface area contributed by atoms with Gasteiger partial charge in [-0.15, -0.1) is 0 Å². The number of hydrogen-bond acceptors (Lipinski definition) is 6. The van der Waals surface area contributed by atoms with Crippen molar-refractivity contribution >= 4 is 11.8 Å². The van der Waals surface area contributed by atoms with Gasteiger partial charge < -0.3 is 30.0 Å². The van der Waals surface area contributed by atoms with Gasteiger partial charge in [0.1, 0.15) is 23.2 Å². The highest BCUT2D eigenvalue weighted by molar-refractivity contribution is 5.70. The summed E-state index contributed by atoms with van der Waals surface area (Å²) in [5.41, 5.74) is 1.58. The van der Waals surface area contributed by atoms with E-state index in [1.807, 2.05) is 30.3 Å². The monoisotopic (exact) mass is 400 g/mol. The molecule has 7 heteroatoms. The zero-order valence-electron chi connectivity index (χ0n) is 17.2. The molecule has 29 heavy (non-hydrogen) atoms. The molecule has 2 aromatic rings. The van der Waals surface area contributed by atoms with Gasteiger partial charge in [0, 0.05) is 25.1 Å². The summed E-state index contributed by atoms with van der Waals surface area (Å²) in [5, 5.41) is 16.7. The Kier molecular flexibility index (Phi) is 6.17. The molecule has 3 N–H and O–H groups in total. The lowest BCUT2D eigenvalue weighted by molar-refractivity contribution is -0.0637. The SMILES string of the molecule is CNc1cc2c(cc1OC)C(NC(=O)OCCc1ccccc1)C(O)C(C)(C)O2. The van der Waals surface area contributed by atoms with Crippen LogP contribution in [0.1, 0.15) is 31.0 Å². The summed E-state index contributed by atoms with van der Waals surface area (Å²) in [7, 11) is 3.35. The van der Waals surface area contributed by atoms with E-state index in [0.29, 0.717) is 23.5 Å². The summed E-state index contributed by atoms with van der Waals surface area (Å²) >= 11 is 0. The number of benzene rings is 2. The van der Waals surface area contributed by atoms with Gasteiger partial charge in [0.25, 0.3) is 0 Å². The largest absolute Gasteiger partial charge is 0.495 e. The first-order chi connectivity index (χ1) is 13.9. The molecule has 0 spiro atoms. The highest BCUT2D eigenvalue weighted by Gasteiger charge is 2.44. The van der Waals surface area contributed by atoms with Crippen LogP contribution in [0.2, 0.25) is 0 Å². The number of aliphatic hydroxyl groups excluding tert-OH is 1. The van der Waals surface area contributed by atoms with Crippen LogP contribution in [0.5, 0.6) is 11.5 Å². The molecule has 0 saturated heterocycles. The van der Waals surface area contributed by atoms with E-state index in [1.165, 1.54) is 0 Å². The summed E-state index contributed by atoms with van der Waals surface area (Å²) in [5.74, 6) is 1.16. The van der Waals surface area contributed by atoms with Crippen LogP contribution in [-0.2, 0) is 11.2 Å². The number of ether oxygens (including phenoxy) is 3. The molecule has 2 atom stereocenters. The maximum Gasteiger partial charge on any atom is 0.407 e. The zero-order valence-corrected chi connectivity index (χ0v) is 17.2. The molecule has 0 aromatic heterocycles. The minimum absolute atomic E-state index is 0.243. The molecule has 0 saturated carbocycles. The standard InChI is InChI=1S/C22H28N2O5/c1-22(2)20(25)19(15-12-18(27-4)16(23-3)13-17(15)29-22)24-21(26)28-11-10-14-8-6-5-7-9-14/h5-9,12-13,19-20,23,25H,10-11H2,1-4H3,(H,24,26). The molecule has 3 rings (SSSR count). The minimum atomic E-state index is -0.971. The number of aliphatic hydroxyl groups is 1. The predicted octanol–water partition coefficient (Wildman–Crippen LogP) is 3.28. The molecule has 0 radical (unpaired) electrons. The summed E-state index contributed by atoms with van der Waals surface area (Å²) in [6, 6.07) is 12.7. The average Bonchev–Trinajstić information content (AvgIpc) is 2.71. The second kappa shape index (κ2) is 8.61. The normalized spacial score (nSPS) is 19.5. The van der Waals surface area contributed by atoms with Gasteiger partial charge in [-0.25, -0.2) is 4.79 Å². The van der Waals surface area contributed by atoms with E-state index in [9.17, 15) is 9.90 Å². The molecular formula is C22H28N2O5.